The molecule has 0 fully saturated rings. The summed E-state index contributed by atoms with van der Waals surface area (Å²) in [6.07, 6.45) is 0. The van der Waals surface area contributed by atoms with Crippen molar-refractivity contribution in [3.63, 3.8) is 0 Å². The van der Waals surface area contributed by atoms with Gasteiger partial charge in [0.1, 0.15) is 16.4 Å². The maximum atomic E-state index is 12.5. The fourth-order valence-electron chi connectivity index (χ4n) is 2.14. The summed E-state index contributed by atoms with van der Waals surface area (Å²) in [4.78, 5) is 12.1. The van der Waals surface area contributed by atoms with Gasteiger partial charge in [-0.3, -0.25) is 4.79 Å². The molecule has 7 nitrogen and oxygen atoms in total. The van der Waals surface area contributed by atoms with Crippen LogP contribution in [0.3, 0.4) is 0 Å². The van der Waals surface area contributed by atoms with Gasteiger partial charge in [0.2, 0.25) is 10.0 Å². The quantitative estimate of drug-likeness (QED) is 0.659. The first-order valence-corrected chi connectivity index (χ1v) is 10.3. The fourth-order valence-corrected chi connectivity index (χ4v) is 3.45. The molecule has 146 valence electrons. The van der Waals surface area contributed by atoms with Crippen LogP contribution in [0.25, 0.3) is 0 Å². The van der Waals surface area contributed by atoms with Gasteiger partial charge in [-0.15, -0.1) is 0 Å². The smallest absolute Gasteiger partial charge is 0.262 e. The summed E-state index contributed by atoms with van der Waals surface area (Å²) in [5, 5.41) is 2.63. The molecule has 2 aromatic carbocycles. The van der Waals surface area contributed by atoms with Crippen LogP contribution in [0.1, 0.15) is 6.92 Å². The van der Waals surface area contributed by atoms with Crippen molar-refractivity contribution in [2.75, 3.05) is 32.6 Å². The van der Waals surface area contributed by atoms with Gasteiger partial charge < -0.3 is 14.8 Å². The molecule has 27 heavy (non-hydrogen) atoms. The average molecular weight is 457 g/mol. The van der Waals surface area contributed by atoms with Gasteiger partial charge >= 0.3 is 0 Å². The molecule has 1 N–H and O–H groups in total. The Bertz CT molecular complexity index is 898. The van der Waals surface area contributed by atoms with Gasteiger partial charge in [-0.25, -0.2) is 12.7 Å². The number of nitrogens with one attached hydrogen (secondary N) is 1. The lowest BCUT2D eigenvalue weighted by molar-refractivity contribution is -0.118. The van der Waals surface area contributed by atoms with E-state index >= 15 is 0 Å². The Balaban J connectivity index is 2.13. The topological polar surface area (TPSA) is 84.9 Å². The highest BCUT2D eigenvalue weighted by molar-refractivity contribution is 9.10. The lowest BCUT2D eigenvalue weighted by Crippen LogP contribution is -2.24. The lowest BCUT2D eigenvalue weighted by atomic mass is 10.3. The molecule has 0 atom stereocenters. The number of amides is 1. The molecule has 2 rings (SSSR count). The Morgan fingerprint density at radius 1 is 1.11 bits per heavy atom. The summed E-state index contributed by atoms with van der Waals surface area (Å²) in [5.74, 6) is 0.376. The maximum absolute atomic E-state index is 12.5. The number of ether oxygens (including phenoxy) is 2. The van der Waals surface area contributed by atoms with E-state index in [-0.39, 0.29) is 17.3 Å². The Morgan fingerprint density at radius 3 is 2.37 bits per heavy atom. The number of carbonyl (C=O) groups excluding carboxylic acids is 1. The second-order valence-corrected chi connectivity index (χ2v) is 8.71. The van der Waals surface area contributed by atoms with Crippen LogP contribution < -0.4 is 14.8 Å². The zero-order chi connectivity index (χ0) is 20.0. The molecule has 0 aliphatic carbocycles. The van der Waals surface area contributed by atoms with Crippen molar-refractivity contribution < 1.29 is 22.7 Å². The zero-order valence-electron chi connectivity index (χ0n) is 15.2. The number of hydrogen-bond donors (Lipinski definition) is 1. The second-order valence-electron chi connectivity index (χ2n) is 5.67. The molecule has 0 spiro atoms. The van der Waals surface area contributed by atoms with Gasteiger partial charge in [-0.1, -0.05) is 15.9 Å². The molecule has 0 saturated carbocycles. The molecular formula is C18H21BrN2O5S. The molecule has 0 aliphatic heterocycles. The first-order valence-electron chi connectivity index (χ1n) is 8.11. The highest BCUT2D eigenvalue weighted by Gasteiger charge is 2.23. The Labute approximate surface area is 167 Å². The summed E-state index contributed by atoms with van der Waals surface area (Å²) in [6.45, 7) is 1.88. The third kappa shape index (κ3) is 5.69. The van der Waals surface area contributed by atoms with Crippen LogP contribution in [0.4, 0.5) is 5.69 Å². The normalized spacial score (nSPS) is 11.3. The van der Waals surface area contributed by atoms with Gasteiger partial charge in [0.25, 0.3) is 5.91 Å². The largest absolute Gasteiger partial charge is 0.492 e. The summed E-state index contributed by atoms with van der Waals surface area (Å²) < 4.78 is 37.8. The van der Waals surface area contributed by atoms with E-state index in [2.05, 4.69) is 21.2 Å². The maximum Gasteiger partial charge on any atom is 0.262 e. The summed E-state index contributed by atoms with van der Waals surface area (Å²) in [7, 11) is -0.860. The van der Waals surface area contributed by atoms with E-state index in [4.69, 9.17) is 9.47 Å². The number of hydrogen-bond acceptors (Lipinski definition) is 5. The van der Waals surface area contributed by atoms with Crippen molar-refractivity contribution in [3.05, 3.63) is 46.9 Å². The summed E-state index contributed by atoms with van der Waals surface area (Å²) in [6, 6.07) is 11.5. The van der Waals surface area contributed by atoms with E-state index in [1.165, 1.54) is 26.2 Å². The molecule has 0 heterocycles. The molecule has 9 heteroatoms. The molecule has 1 amide bonds. The number of benzene rings is 2. The lowest BCUT2D eigenvalue weighted by Gasteiger charge is -2.16. The van der Waals surface area contributed by atoms with Crippen LogP contribution in [0.5, 0.6) is 11.5 Å². The number of anilines is 1. The van der Waals surface area contributed by atoms with Crippen molar-refractivity contribution in [1.29, 1.82) is 0 Å². The van der Waals surface area contributed by atoms with Crippen LogP contribution in [0.2, 0.25) is 0 Å². The minimum absolute atomic E-state index is 0.0130. The van der Waals surface area contributed by atoms with E-state index in [1.54, 1.807) is 37.3 Å². The van der Waals surface area contributed by atoms with Crippen molar-refractivity contribution in [2.24, 2.45) is 0 Å². The summed E-state index contributed by atoms with van der Waals surface area (Å²) in [5.41, 5.74) is 0.336. The molecule has 0 unspecified atom stereocenters. The highest BCUT2D eigenvalue weighted by Crippen LogP contribution is 2.29. The van der Waals surface area contributed by atoms with Crippen molar-refractivity contribution in [3.8, 4) is 11.5 Å². The van der Waals surface area contributed by atoms with Gasteiger partial charge in [-0.2, -0.15) is 0 Å². The summed E-state index contributed by atoms with van der Waals surface area (Å²) >= 11 is 3.32. The Kier molecular flexibility index (Phi) is 7.23. The molecule has 0 aromatic heterocycles. The Hall–Kier alpha value is -2.10. The minimum atomic E-state index is -3.73. The number of sulfonamides is 1. The van der Waals surface area contributed by atoms with E-state index in [9.17, 15) is 13.2 Å². The van der Waals surface area contributed by atoms with E-state index < -0.39 is 15.9 Å². The third-order valence-corrected chi connectivity index (χ3v) is 5.83. The third-order valence-electron chi connectivity index (χ3n) is 3.47. The molecule has 0 aliphatic rings. The van der Waals surface area contributed by atoms with Gasteiger partial charge in [0, 0.05) is 24.3 Å². The molecule has 0 saturated heterocycles. The standard InChI is InChI=1S/C18H21BrN2O5S/c1-4-25-16-10-7-14(11-17(16)27(23,24)21(2)3)20-18(22)12-26-15-8-5-13(19)6-9-15/h5-11H,4,12H2,1-3H3,(H,20,22). The van der Waals surface area contributed by atoms with Crippen LogP contribution in [0, 0.1) is 0 Å². The number of carbonyl (C=O) groups is 1. The number of rotatable bonds is 8. The minimum Gasteiger partial charge on any atom is -0.492 e. The molecule has 2 aromatic rings. The fraction of sp³-hybridized carbons (Fsp3) is 0.278. The Morgan fingerprint density at radius 2 is 1.78 bits per heavy atom. The van der Waals surface area contributed by atoms with Crippen LogP contribution in [0.15, 0.2) is 51.8 Å². The predicted octanol–water partition coefficient (Wildman–Crippen LogP) is 3.12. The van der Waals surface area contributed by atoms with E-state index in [0.717, 1.165) is 8.78 Å². The number of nitrogens with zero attached hydrogens (tertiary/aromatic N) is 1. The molecular weight excluding hydrogens is 436 g/mol. The second kappa shape index (κ2) is 9.20. The first-order chi connectivity index (χ1) is 12.7. The van der Waals surface area contributed by atoms with Crippen molar-refractivity contribution in [2.45, 2.75) is 11.8 Å². The van der Waals surface area contributed by atoms with E-state index in [1.807, 2.05) is 0 Å². The van der Waals surface area contributed by atoms with E-state index in [0.29, 0.717) is 18.0 Å². The monoisotopic (exact) mass is 456 g/mol. The highest BCUT2D eigenvalue weighted by atomic mass is 79.9. The van der Waals surface area contributed by atoms with Gasteiger partial charge in [0.15, 0.2) is 6.61 Å². The van der Waals surface area contributed by atoms with Crippen LogP contribution in [-0.4, -0.2) is 45.9 Å². The zero-order valence-corrected chi connectivity index (χ0v) is 17.6. The average Bonchev–Trinajstić information content (AvgIpc) is 2.62. The molecule has 0 bridgehead atoms. The van der Waals surface area contributed by atoms with Crippen LogP contribution >= 0.6 is 15.9 Å². The van der Waals surface area contributed by atoms with Gasteiger partial charge in [-0.05, 0) is 49.4 Å². The molecule has 0 radical (unpaired) electrons. The number of halogens is 1. The SMILES string of the molecule is CCOc1ccc(NC(=O)COc2ccc(Br)cc2)cc1S(=O)(=O)N(C)C. The first kappa shape index (κ1) is 21.2. The van der Waals surface area contributed by atoms with Crippen molar-refractivity contribution in [1.82, 2.24) is 4.31 Å². The van der Waals surface area contributed by atoms with Crippen molar-refractivity contribution >= 4 is 37.5 Å². The van der Waals surface area contributed by atoms with Gasteiger partial charge in [0.05, 0.1) is 6.61 Å². The predicted molar refractivity (Wildman–Crippen MR) is 107 cm³/mol. The van der Waals surface area contributed by atoms with Crippen LogP contribution in [-0.2, 0) is 14.8 Å².